The molecule has 0 radical (unpaired) electrons. The number of furan rings is 1. The summed E-state index contributed by atoms with van der Waals surface area (Å²) >= 11 is 0. The van der Waals surface area contributed by atoms with Gasteiger partial charge >= 0.3 is 0 Å². The number of rotatable bonds is 6. The van der Waals surface area contributed by atoms with E-state index < -0.39 is 0 Å². The molecule has 1 amide bonds. The van der Waals surface area contributed by atoms with Crippen LogP contribution >= 0.6 is 0 Å². The molecular formula is C23H22N2O4. The number of hydrogen-bond donors (Lipinski definition) is 1. The molecule has 6 nitrogen and oxygen atoms in total. The van der Waals surface area contributed by atoms with E-state index in [0.717, 1.165) is 28.0 Å². The van der Waals surface area contributed by atoms with Crippen LogP contribution in [0.15, 0.2) is 63.5 Å². The van der Waals surface area contributed by atoms with E-state index in [4.69, 9.17) is 13.7 Å². The highest BCUT2D eigenvalue weighted by Crippen LogP contribution is 2.24. The molecule has 0 unspecified atom stereocenters. The highest BCUT2D eigenvalue weighted by atomic mass is 16.5. The van der Waals surface area contributed by atoms with Crippen LogP contribution in [0.4, 0.5) is 0 Å². The van der Waals surface area contributed by atoms with E-state index in [2.05, 4.69) is 10.5 Å². The Kier molecular flexibility index (Phi) is 5.08. The van der Waals surface area contributed by atoms with Gasteiger partial charge in [-0.15, -0.1) is 0 Å². The fraction of sp³-hybridized carbons (Fsp3) is 0.217. The number of hydrogen-bond acceptors (Lipinski definition) is 5. The van der Waals surface area contributed by atoms with Crippen LogP contribution in [0.3, 0.4) is 0 Å². The van der Waals surface area contributed by atoms with Gasteiger partial charge in [0, 0.05) is 10.9 Å². The first-order valence-corrected chi connectivity index (χ1v) is 9.45. The second-order valence-electron chi connectivity index (χ2n) is 7.00. The predicted molar refractivity (Wildman–Crippen MR) is 109 cm³/mol. The zero-order valence-corrected chi connectivity index (χ0v) is 16.6. The van der Waals surface area contributed by atoms with Gasteiger partial charge in [0.05, 0.1) is 17.3 Å². The van der Waals surface area contributed by atoms with E-state index in [1.165, 1.54) is 0 Å². The van der Waals surface area contributed by atoms with Crippen LogP contribution in [-0.4, -0.2) is 11.1 Å². The lowest BCUT2D eigenvalue weighted by molar-refractivity contribution is 0.0935. The van der Waals surface area contributed by atoms with Crippen molar-refractivity contribution in [1.29, 1.82) is 0 Å². The van der Waals surface area contributed by atoms with Crippen molar-refractivity contribution >= 4 is 16.9 Å². The maximum Gasteiger partial charge on any atom is 0.251 e. The molecule has 4 rings (SSSR count). The van der Waals surface area contributed by atoms with E-state index in [1.807, 2.05) is 57.2 Å². The van der Waals surface area contributed by atoms with Crippen LogP contribution < -0.4 is 10.1 Å². The molecule has 2 heterocycles. The molecule has 0 saturated carbocycles. The number of aromatic nitrogens is 1. The van der Waals surface area contributed by atoms with Crippen molar-refractivity contribution in [2.24, 2.45) is 0 Å². The number of ether oxygens (including phenoxy) is 1. The fourth-order valence-electron chi connectivity index (χ4n) is 3.16. The van der Waals surface area contributed by atoms with Gasteiger partial charge in [-0.25, -0.2) is 0 Å². The number of para-hydroxylation sites is 1. The van der Waals surface area contributed by atoms with Crippen molar-refractivity contribution in [3.63, 3.8) is 0 Å². The Morgan fingerprint density at radius 2 is 1.97 bits per heavy atom. The SMILES string of the molecule is Cc1noc(C)c1COc1cccc(C(=O)N[C@@H](C)c2cc3ccccc3o2)c1. The summed E-state index contributed by atoms with van der Waals surface area (Å²) in [5.41, 5.74) is 3.04. The van der Waals surface area contributed by atoms with Crippen LogP contribution in [0.25, 0.3) is 11.0 Å². The van der Waals surface area contributed by atoms with Gasteiger partial charge in [-0.05, 0) is 51.1 Å². The first-order chi connectivity index (χ1) is 14.0. The molecule has 2 aromatic heterocycles. The summed E-state index contributed by atoms with van der Waals surface area (Å²) in [4.78, 5) is 12.7. The van der Waals surface area contributed by atoms with Gasteiger partial charge in [0.1, 0.15) is 29.5 Å². The van der Waals surface area contributed by atoms with Crippen LogP contribution in [-0.2, 0) is 6.61 Å². The molecule has 6 heteroatoms. The number of amides is 1. The highest BCUT2D eigenvalue weighted by Gasteiger charge is 2.16. The number of carbonyl (C=O) groups is 1. The second-order valence-corrected chi connectivity index (χ2v) is 7.00. The van der Waals surface area contributed by atoms with E-state index >= 15 is 0 Å². The molecule has 0 fully saturated rings. The van der Waals surface area contributed by atoms with Crippen LogP contribution in [0, 0.1) is 13.8 Å². The Morgan fingerprint density at radius 3 is 2.72 bits per heavy atom. The molecule has 0 aliphatic carbocycles. The van der Waals surface area contributed by atoms with Crippen LogP contribution in [0.2, 0.25) is 0 Å². The van der Waals surface area contributed by atoms with Gasteiger partial charge in [-0.2, -0.15) is 0 Å². The Hall–Kier alpha value is -3.54. The van der Waals surface area contributed by atoms with Gasteiger partial charge in [-0.1, -0.05) is 29.4 Å². The summed E-state index contributed by atoms with van der Waals surface area (Å²) in [5, 5.41) is 7.91. The predicted octanol–water partition coefficient (Wildman–Crippen LogP) is 5.11. The molecule has 0 spiro atoms. The topological polar surface area (TPSA) is 77.5 Å². The van der Waals surface area contributed by atoms with Crippen molar-refractivity contribution in [3.05, 3.63) is 82.9 Å². The quantitative estimate of drug-likeness (QED) is 0.495. The average molecular weight is 390 g/mol. The van der Waals surface area contributed by atoms with Gasteiger partial charge in [0.25, 0.3) is 5.91 Å². The van der Waals surface area contributed by atoms with E-state index in [-0.39, 0.29) is 11.9 Å². The van der Waals surface area contributed by atoms with Crippen molar-refractivity contribution < 1.29 is 18.5 Å². The largest absolute Gasteiger partial charge is 0.489 e. The minimum absolute atomic E-state index is 0.194. The zero-order chi connectivity index (χ0) is 20.4. The third kappa shape index (κ3) is 4.01. The molecule has 2 aromatic carbocycles. The molecule has 0 bridgehead atoms. The van der Waals surface area contributed by atoms with Crippen molar-refractivity contribution in [1.82, 2.24) is 10.5 Å². The molecule has 0 aliphatic heterocycles. The molecule has 29 heavy (non-hydrogen) atoms. The van der Waals surface area contributed by atoms with Gasteiger partial charge in [-0.3, -0.25) is 4.79 Å². The lowest BCUT2D eigenvalue weighted by atomic mass is 10.1. The van der Waals surface area contributed by atoms with Crippen LogP contribution in [0.5, 0.6) is 5.75 Å². The minimum atomic E-state index is -0.262. The molecule has 1 N–H and O–H groups in total. The summed E-state index contributed by atoms with van der Waals surface area (Å²) < 4.78 is 16.8. The smallest absolute Gasteiger partial charge is 0.251 e. The van der Waals surface area contributed by atoms with Crippen molar-refractivity contribution in [3.8, 4) is 5.75 Å². The summed E-state index contributed by atoms with van der Waals surface area (Å²) in [6.45, 7) is 5.95. The van der Waals surface area contributed by atoms with E-state index in [9.17, 15) is 4.79 Å². The van der Waals surface area contributed by atoms with Gasteiger partial charge in [0.2, 0.25) is 0 Å². The molecule has 1 atom stereocenters. The van der Waals surface area contributed by atoms with Crippen molar-refractivity contribution in [2.75, 3.05) is 0 Å². The van der Waals surface area contributed by atoms with E-state index in [0.29, 0.717) is 23.7 Å². The second kappa shape index (κ2) is 7.83. The Morgan fingerprint density at radius 1 is 1.14 bits per heavy atom. The number of carbonyl (C=O) groups excluding carboxylic acids is 1. The van der Waals surface area contributed by atoms with E-state index in [1.54, 1.807) is 18.2 Å². The molecular weight excluding hydrogens is 368 g/mol. The molecule has 148 valence electrons. The number of benzene rings is 2. The summed E-state index contributed by atoms with van der Waals surface area (Å²) in [6, 6.07) is 16.5. The Balaban J connectivity index is 1.43. The first-order valence-electron chi connectivity index (χ1n) is 9.45. The summed E-state index contributed by atoms with van der Waals surface area (Å²) in [5.74, 6) is 1.86. The molecule has 0 saturated heterocycles. The number of nitrogens with one attached hydrogen (secondary N) is 1. The minimum Gasteiger partial charge on any atom is -0.489 e. The highest BCUT2D eigenvalue weighted by molar-refractivity contribution is 5.94. The molecule has 4 aromatic rings. The third-order valence-corrected chi connectivity index (χ3v) is 4.88. The maximum atomic E-state index is 12.7. The Bertz CT molecular complexity index is 1110. The number of fused-ring (bicyclic) bond motifs is 1. The van der Waals surface area contributed by atoms with Gasteiger partial charge < -0.3 is 19.0 Å². The first kappa shape index (κ1) is 18.8. The Labute approximate surface area is 168 Å². The maximum absolute atomic E-state index is 12.7. The fourth-order valence-corrected chi connectivity index (χ4v) is 3.16. The van der Waals surface area contributed by atoms with Gasteiger partial charge in [0.15, 0.2) is 0 Å². The number of aryl methyl sites for hydroxylation is 2. The lowest BCUT2D eigenvalue weighted by Crippen LogP contribution is -2.26. The third-order valence-electron chi connectivity index (χ3n) is 4.88. The number of nitrogens with zero attached hydrogens (tertiary/aromatic N) is 1. The summed E-state index contributed by atoms with van der Waals surface area (Å²) in [6.07, 6.45) is 0. The zero-order valence-electron chi connectivity index (χ0n) is 16.6. The van der Waals surface area contributed by atoms with Crippen LogP contribution in [0.1, 0.15) is 46.1 Å². The molecule has 0 aliphatic rings. The summed E-state index contributed by atoms with van der Waals surface area (Å²) in [7, 11) is 0. The lowest BCUT2D eigenvalue weighted by Gasteiger charge is -2.12. The van der Waals surface area contributed by atoms with Crippen molar-refractivity contribution in [2.45, 2.75) is 33.4 Å². The normalized spacial score (nSPS) is 12.1. The standard InChI is InChI=1S/C23H22N2O4/c1-14-20(16(3)29-25-14)13-27-19-9-6-8-18(11-19)23(26)24-15(2)22-12-17-7-4-5-10-21(17)28-22/h4-12,15H,13H2,1-3H3,(H,24,26)/t15-/m0/s1. The average Bonchev–Trinajstić information content (AvgIpc) is 3.30. The monoisotopic (exact) mass is 390 g/mol.